The van der Waals surface area contributed by atoms with Crippen LogP contribution in [0.25, 0.3) is 0 Å². The Balaban J connectivity index is 1.41. The number of rotatable bonds is 7. The molecule has 3 rings (SSSR count). The number of benzene rings is 1. The van der Waals surface area contributed by atoms with Crippen LogP contribution in [0.2, 0.25) is 0 Å². The molecule has 1 aromatic heterocycles. The Morgan fingerprint density at radius 2 is 2.08 bits per heavy atom. The molecule has 25 heavy (non-hydrogen) atoms. The van der Waals surface area contributed by atoms with Gasteiger partial charge in [0.1, 0.15) is 5.75 Å². The molecule has 0 saturated heterocycles. The van der Waals surface area contributed by atoms with Gasteiger partial charge in [-0.15, -0.1) is 10.2 Å². The van der Waals surface area contributed by atoms with E-state index in [1.54, 1.807) is 0 Å². The van der Waals surface area contributed by atoms with Gasteiger partial charge >= 0.3 is 0 Å². The number of thioether (sulfide) groups is 1. The second-order valence-corrected chi connectivity index (χ2v) is 7.21. The van der Waals surface area contributed by atoms with Crippen LogP contribution in [0.3, 0.4) is 0 Å². The van der Waals surface area contributed by atoms with Crippen LogP contribution in [0.1, 0.15) is 38.5 Å². The molecule has 1 aromatic carbocycles. The average molecular weight is 361 g/mol. The van der Waals surface area contributed by atoms with Gasteiger partial charge in [0.05, 0.1) is 5.75 Å². The van der Waals surface area contributed by atoms with E-state index in [1.807, 2.05) is 30.3 Å². The number of hydrogen-bond acceptors (Lipinski definition) is 6. The number of para-hydroxylation sites is 1. The molecule has 6 nitrogen and oxygen atoms in total. The number of carbonyl (C=O) groups excluding carboxylic acids is 1. The summed E-state index contributed by atoms with van der Waals surface area (Å²) in [5.41, 5.74) is 0. The maximum Gasteiger partial charge on any atom is 0.277 e. The summed E-state index contributed by atoms with van der Waals surface area (Å²) in [4.78, 5) is 12.1. The van der Waals surface area contributed by atoms with Crippen LogP contribution in [0.5, 0.6) is 5.75 Å². The summed E-state index contributed by atoms with van der Waals surface area (Å²) < 4.78 is 11.1. The fourth-order valence-electron chi connectivity index (χ4n) is 2.92. The highest BCUT2D eigenvalue weighted by Gasteiger charge is 2.23. The van der Waals surface area contributed by atoms with E-state index >= 15 is 0 Å². The molecule has 1 fully saturated rings. The summed E-state index contributed by atoms with van der Waals surface area (Å²) in [5, 5.41) is 11.4. The largest absolute Gasteiger partial charge is 0.484 e. The quantitative estimate of drug-likeness (QED) is 0.761. The van der Waals surface area contributed by atoms with Crippen molar-refractivity contribution in [2.75, 3.05) is 5.75 Å². The Morgan fingerprint density at radius 1 is 1.28 bits per heavy atom. The highest BCUT2D eigenvalue weighted by Crippen LogP contribution is 2.24. The summed E-state index contributed by atoms with van der Waals surface area (Å²) in [7, 11) is 0. The third kappa shape index (κ3) is 5.49. The van der Waals surface area contributed by atoms with Crippen LogP contribution < -0.4 is 10.1 Å². The maximum atomic E-state index is 12.1. The Kier molecular flexibility index (Phi) is 6.33. The Morgan fingerprint density at radius 3 is 2.88 bits per heavy atom. The minimum atomic E-state index is 0.0176. The minimum absolute atomic E-state index is 0.0176. The second kappa shape index (κ2) is 8.89. The number of aromatic nitrogens is 2. The minimum Gasteiger partial charge on any atom is -0.484 e. The fraction of sp³-hybridized carbons (Fsp3) is 0.500. The molecule has 1 saturated carbocycles. The number of amides is 1. The molecule has 0 aliphatic heterocycles. The monoisotopic (exact) mass is 361 g/mol. The fourth-order valence-corrected chi connectivity index (χ4v) is 3.51. The van der Waals surface area contributed by atoms with E-state index in [9.17, 15) is 4.79 Å². The van der Waals surface area contributed by atoms with Crippen molar-refractivity contribution in [2.45, 2.75) is 50.5 Å². The molecule has 1 N–H and O–H groups in total. The van der Waals surface area contributed by atoms with Crippen LogP contribution in [0.4, 0.5) is 0 Å². The Labute approximate surface area is 151 Å². The van der Waals surface area contributed by atoms with Crippen molar-refractivity contribution in [3.05, 3.63) is 36.2 Å². The highest BCUT2D eigenvalue weighted by molar-refractivity contribution is 7.99. The van der Waals surface area contributed by atoms with E-state index in [0.717, 1.165) is 12.2 Å². The van der Waals surface area contributed by atoms with E-state index in [4.69, 9.17) is 9.15 Å². The topological polar surface area (TPSA) is 77.2 Å². The van der Waals surface area contributed by atoms with Crippen molar-refractivity contribution in [3.63, 3.8) is 0 Å². The summed E-state index contributed by atoms with van der Waals surface area (Å²) in [6.07, 6.45) is 4.71. The first kappa shape index (κ1) is 17.8. The highest BCUT2D eigenvalue weighted by atomic mass is 32.2. The third-order valence-electron chi connectivity index (χ3n) is 4.34. The normalized spacial score (nSPS) is 20.2. The van der Waals surface area contributed by atoms with Gasteiger partial charge in [-0.3, -0.25) is 4.79 Å². The molecule has 0 bridgehead atoms. The second-order valence-electron chi connectivity index (χ2n) is 6.29. The van der Waals surface area contributed by atoms with Crippen molar-refractivity contribution in [2.24, 2.45) is 5.92 Å². The summed E-state index contributed by atoms with van der Waals surface area (Å²) >= 11 is 1.25. The van der Waals surface area contributed by atoms with Crippen LogP contribution in [-0.4, -0.2) is 27.9 Å². The van der Waals surface area contributed by atoms with Gasteiger partial charge in [0.25, 0.3) is 11.1 Å². The van der Waals surface area contributed by atoms with E-state index in [1.165, 1.54) is 31.0 Å². The van der Waals surface area contributed by atoms with Gasteiger partial charge in [0.15, 0.2) is 6.61 Å². The molecule has 1 heterocycles. The molecular weight excluding hydrogens is 338 g/mol. The third-order valence-corrected chi connectivity index (χ3v) is 5.16. The molecule has 0 spiro atoms. The zero-order valence-corrected chi connectivity index (χ0v) is 15.1. The van der Waals surface area contributed by atoms with Gasteiger partial charge in [0.2, 0.25) is 5.91 Å². The number of ether oxygens (including phenoxy) is 1. The number of hydrogen-bond donors (Lipinski definition) is 1. The van der Waals surface area contributed by atoms with Gasteiger partial charge in [0, 0.05) is 6.04 Å². The standard InChI is InChI=1S/C18H23N3O3S/c1-13-7-5-6-10-15(13)19-16(22)12-25-18-21-20-17(24-18)11-23-14-8-3-2-4-9-14/h2-4,8-9,13,15H,5-7,10-12H2,1H3,(H,19,22)/t13-,15+/m0/s1. The summed E-state index contributed by atoms with van der Waals surface area (Å²) in [5.74, 6) is 1.99. The number of nitrogens with one attached hydrogen (secondary N) is 1. The molecule has 0 unspecified atom stereocenters. The van der Waals surface area contributed by atoms with Gasteiger partial charge in [-0.25, -0.2) is 0 Å². The first-order chi connectivity index (χ1) is 12.2. The lowest BCUT2D eigenvalue weighted by Crippen LogP contribution is -2.41. The van der Waals surface area contributed by atoms with Gasteiger partial charge in [-0.05, 0) is 30.9 Å². The molecule has 1 amide bonds. The predicted molar refractivity (Wildman–Crippen MR) is 95.4 cm³/mol. The van der Waals surface area contributed by atoms with Crippen LogP contribution >= 0.6 is 11.8 Å². The van der Waals surface area contributed by atoms with Crippen molar-refractivity contribution >= 4 is 17.7 Å². The van der Waals surface area contributed by atoms with Gasteiger partial charge in [-0.2, -0.15) is 0 Å². The summed E-state index contributed by atoms with van der Waals surface area (Å²) in [6, 6.07) is 9.74. The molecule has 2 aromatic rings. The van der Waals surface area contributed by atoms with E-state index < -0.39 is 0 Å². The first-order valence-electron chi connectivity index (χ1n) is 8.63. The van der Waals surface area contributed by atoms with E-state index in [0.29, 0.717) is 23.1 Å². The zero-order chi connectivity index (χ0) is 17.5. The SMILES string of the molecule is C[C@H]1CCCC[C@H]1NC(=O)CSc1nnc(COc2ccccc2)o1. The Hall–Kier alpha value is -2.02. The molecule has 1 aliphatic carbocycles. The van der Waals surface area contributed by atoms with Crippen LogP contribution in [0, 0.1) is 5.92 Å². The molecule has 2 atom stereocenters. The summed E-state index contributed by atoms with van der Waals surface area (Å²) in [6.45, 7) is 2.41. The molecule has 7 heteroatoms. The van der Waals surface area contributed by atoms with E-state index in [2.05, 4.69) is 22.4 Å². The average Bonchev–Trinajstić information content (AvgIpc) is 3.09. The van der Waals surface area contributed by atoms with Crippen molar-refractivity contribution < 1.29 is 13.9 Å². The van der Waals surface area contributed by atoms with E-state index in [-0.39, 0.29) is 18.3 Å². The molecular formula is C18H23N3O3S. The van der Waals surface area contributed by atoms with Gasteiger partial charge in [-0.1, -0.05) is 49.7 Å². The van der Waals surface area contributed by atoms with Crippen molar-refractivity contribution in [3.8, 4) is 5.75 Å². The van der Waals surface area contributed by atoms with Crippen molar-refractivity contribution in [1.82, 2.24) is 15.5 Å². The molecule has 0 radical (unpaired) electrons. The molecule has 134 valence electrons. The number of nitrogens with zero attached hydrogens (tertiary/aromatic N) is 2. The lowest BCUT2D eigenvalue weighted by atomic mass is 9.86. The van der Waals surface area contributed by atoms with Gasteiger partial charge < -0.3 is 14.5 Å². The maximum absolute atomic E-state index is 12.1. The lowest BCUT2D eigenvalue weighted by Gasteiger charge is -2.29. The lowest BCUT2D eigenvalue weighted by molar-refractivity contribution is -0.119. The van der Waals surface area contributed by atoms with Crippen LogP contribution in [-0.2, 0) is 11.4 Å². The first-order valence-corrected chi connectivity index (χ1v) is 9.61. The van der Waals surface area contributed by atoms with Crippen molar-refractivity contribution in [1.29, 1.82) is 0 Å². The molecule has 1 aliphatic rings. The number of carbonyl (C=O) groups is 1. The smallest absolute Gasteiger partial charge is 0.277 e. The Bertz CT molecular complexity index is 677. The van der Waals surface area contributed by atoms with Crippen LogP contribution in [0.15, 0.2) is 40.0 Å². The zero-order valence-electron chi connectivity index (χ0n) is 14.3. The predicted octanol–water partition coefficient (Wildman–Crippen LogP) is 3.44.